The molecule has 0 aromatic heterocycles. The third-order valence-electron chi connectivity index (χ3n) is 5.46. The first-order valence-electron chi connectivity index (χ1n) is 9.71. The van der Waals surface area contributed by atoms with E-state index in [0.717, 1.165) is 0 Å². The van der Waals surface area contributed by atoms with Crippen molar-refractivity contribution in [3.8, 4) is 0 Å². The fourth-order valence-corrected chi connectivity index (χ4v) is 4.43. The second-order valence-corrected chi connectivity index (χ2v) is 8.71. The highest BCUT2D eigenvalue weighted by Gasteiger charge is 2.64. The molecular formula is C18H26O11. The molecule has 5 aliphatic heterocycles. The first-order chi connectivity index (χ1) is 13.5. The minimum absolute atomic E-state index is 0.546. The molecule has 0 aromatic rings. The fraction of sp³-hybridized carbons (Fsp3) is 0.944. The molecule has 5 saturated heterocycles. The van der Waals surface area contributed by atoms with Crippen LogP contribution in [-0.2, 0) is 47.4 Å². The van der Waals surface area contributed by atoms with E-state index in [0.29, 0.717) is 0 Å². The van der Waals surface area contributed by atoms with Crippen molar-refractivity contribution in [2.45, 2.75) is 108 Å². The molecule has 164 valence electrons. The monoisotopic (exact) mass is 418 g/mol. The van der Waals surface area contributed by atoms with Gasteiger partial charge in [-0.2, -0.15) is 0 Å². The maximum atomic E-state index is 11.6. The lowest BCUT2D eigenvalue weighted by Crippen LogP contribution is -2.57. The summed E-state index contributed by atoms with van der Waals surface area (Å²) in [6.07, 6.45) is -8.23. The van der Waals surface area contributed by atoms with Crippen molar-refractivity contribution in [1.29, 1.82) is 0 Å². The van der Waals surface area contributed by atoms with Gasteiger partial charge in [-0.3, -0.25) is 4.79 Å². The van der Waals surface area contributed by atoms with E-state index in [-0.39, 0.29) is 0 Å². The summed E-state index contributed by atoms with van der Waals surface area (Å²) in [7, 11) is 0. The molecule has 0 saturated carbocycles. The molecule has 0 spiro atoms. The molecule has 5 fully saturated rings. The lowest BCUT2D eigenvalue weighted by atomic mass is 10.1. The number of hydrogen-bond donors (Lipinski definition) is 1. The zero-order chi connectivity index (χ0) is 20.7. The first kappa shape index (κ1) is 20.0. The van der Waals surface area contributed by atoms with Crippen LogP contribution in [0.5, 0.6) is 0 Å². The van der Waals surface area contributed by atoms with Crippen LogP contribution >= 0.6 is 0 Å². The second kappa shape index (κ2) is 6.55. The van der Waals surface area contributed by atoms with E-state index < -0.39 is 79.3 Å². The topological polar surface area (TPSA) is 120 Å². The van der Waals surface area contributed by atoms with Crippen molar-refractivity contribution in [3.63, 3.8) is 0 Å². The molecule has 0 bridgehead atoms. The summed E-state index contributed by atoms with van der Waals surface area (Å²) in [5.74, 6) is -2.26. The van der Waals surface area contributed by atoms with Gasteiger partial charge in [-0.1, -0.05) is 0 Å². The number of carbonyl (C=O) groups excluding carboxylic acids is 1. The van der Waals surface area contributed by atoms with Gasteiger partial charge in [-0.05, 0) is 27.7 Å². The van der Waals surface area contributed by atoms with E-state index in [2.05, 4.69) is 0 Å². The Morgan fingerprint density at radius 3 is 1.90 bits per heavy atom. The Balaban J connectivity index is 1.36. The second-order valence-electron chi connectivity index (χ2n) is 8.71. The predicted octanol–water partition coefficient (Wildman–Crippen LogP) is -0.269. The molecule has 0 amide bonds. The third kappa shape index (κ3) is 3.38. The summed E-state index contributed by atoms with van der Waals surface area (Å²) in [5.41, 5.74) is 0. The molecule has 0 radical (unpaired) electrons. The average Bonchev–Trinajstić information content (AvgIpc) is 3.25. The highest BCUT2D eigenvalue weighted by molar-refractivity contribution is 5.66. The zero-order valence-electron chi connectivity index (χ0n) is 16.8. The number of esters is 1. The van der Waals surface area contributed by atoms with Crippen LogP contribution in [0.2, 0.25) is 0 Å². The maximum Gasteiger partial charge on any atom is 0.305 e. The highest BCUT2D eigenvalue weighted by atomic mass is 16.9. The average molecular weight is 418 g/mol. The molecule has 5 aliphatic rings. The third-order valence-corrected chi connectivity index (χ3v) is 5.46. The van der Waals surface area contributed by atoms with Crippen molar-refractivity contribution in [3.05, 3.63) is 0 Å². The number of ether oxygens (including phenoxy) is 9. The molecule has 0 aromatic carbocycles. The smallest absolute Gasteiger partial charge is 0.305 e. The first-order valence-corrected chi connectivity index (χ1v) is 9.71. The van der Waals surface area contributed by atoms with E-state index in [1.807, 2.05) is 0 Å². The van der Waals surface area contributed by atoms with Gasteiger partial charge >= 0.3 is 5.97 Å². The quantitative estimate of drug-likeness (QED) is 0.597. The van der Waals surface area contributed by atoms with Gasteiger partial charge < -0.3 is 47.7 Å². The molecule has 10 atom stereocenters. The highest BCUT2D eigenvalue weighted by Crippen LogP contribution is 2.45. The molecule has 0 aliphatic carbocycles. The summed E-state index contributed by atoms with van der Waals surface area (Å²) < 4.78 is 51.9. The molecule has 29 heavy (non-hydrogen) atoms. The zero-order valence-corrected chi connectivity index (χ0v) is 16.8. The number of aliphatic hydroxyl groups is 1. The lowest BCUT2D eigenvalue weighted by Gasteiger charge is -2.41. The van der Waals surface area contributed by atoms with Crippen molar-refractivity contribution < 1.29 is 52.5 Å². The number of aliphatic hydroxyl groups excluding tert-OH is 1. The summed E-state index contributed by atoms with van der Waals surface area (Å²) in [4.78, 5) is 11.6. The number of rotatable bonds is 2. The van der Waals surface area contributed by atoms with Gasteiger partial charge in [0, 0.05) is 6.92 Å². The van der Waals surface area contributed by atoms with E-state index in [1.54, 1.807) is 27.7 Å². The van der Waals surface area contributed by atoms with E-state index in [1.165, 1.54) is 6.92 Å². The normalized spacial score (nSPS) is 52.1. The van der Waals surface area contributed by atoms with E-state index in [4.69, 9.17) is 42.6 Å². The van der Waals surface area contributed by atoms with Crippen LogP contribution in [0.4, 0.5) is 0 Å². The molecule has 11 nitrogen and oxygen atoms in total. The minimum Gasteiger partial charge on any atom is -0.433 e. The van der Waals surface area contributed by atoms with Crippen molar-refractivity contribution >= 4 is 5.97 Å². The summed E-state index contributed by atoms with van der Waals surface area (Å²) >= 11 is 0. The molecule has 11 heteroatoms. The molecule has 0 unspecified atom stereocenters. The molecule has 5 heterocycles. The van der Waals surface area contributed by atoms with Crippen LogP contribution in [-0.4, -0.2) is 84.4 Å². The summed E-state index contributed by atoms with van der Waals surface area (Å²) in [5, 5.41) is 10.7. The number of carbonyl (C=O) groups is 1. The Morgan fingerprint density at radius 1 is 0.724 bits per heavy atom. The van der Waals surface area contributed by atoms with E-state index >= 15 is 0 Å². The summed E-state index contributed by atoms with van der Waals surface area (Å²) in [6.45, 7) is 8.28. The van der Waals surface area contributed by atoms with Crippen LogP contribution in [0.1, 0.15) is 34.6 Å². The van der Waals surface area contributed by atoms with Crippen LogP contribution in [0.3, 0.4) is 0 Å². The van der Waals surface area contributed by atoms with Crippen LogP contribution in [0.25, 0.3) is 0 Å². The Labute approximate surface area is 167 Å². The van der Waals surface area contributed by atoms with Gasteiger partial charge in [0.2, 0.25) is 6.29 Å². The van der Waals surface area contributed by atoms with Gasteiger partial charge in [0.15, 0.2) is 36.5 Å². The number of hydrogen-bond acceptors (Lipinski definition) is 11. The molecular weight excluding hydrogens is 392 g/mol. The van der Waals surface area contributed by atoms with Gasteiger partial charge in [0.25, 0.3) is 0 Å². The van der Waals surface area contributed by atoms with Crippen LogP contribution < -0.4 is 0 Å². The van der Waals surface area contributed by atoms with Gasteiger partial charge in [0.1, 0.15) is 30.5 Å². The van der Waals surface area contributed by atoms with Gasteiger partial charge in [-0.15, -0.1) is 0 Å². The summed E-state index contributed by atoms with van der Waals surface area (Å²) in [6, 6.07) is 0. The van der Waals surface area contributed by atoms with Crippen molar-refractivity contribution in [2.24, 2.45) is 0 Å². The minimum atomic E-state index is -1.08. The Hall–Kier alpha value is -0.890. The van der Waals surface area contributed by atoms with Crippen LogP contribution in [0.15, 0.2) is 0 Å². The van der Waals surface area contributed by atoms with Crippen LogP contribution in [0, 0.1) is 0 Å². The Morgan fingerprint density at radius 2 is 1.28 bits per heavy atom. The standard InChI is InChI=1S/C18H26O11/c1-6(19)21-14-11-10(12-16(24-11)29-18(4,5)27-12)23-13(25-14)8-7(20)9-15(22-8)28-17(2,3)26-9/h7-16,20H,1-5H3/t7-,8-,9+,10-,11-,12+,13+,14-,15+,16+/m0/s1. The number of fused-ring (bicyclic) bond motifs is 4. The molecule has 1 N–H and O–H groups in total. The Kier molecular flexibility index (Phi) is 4.53. The van der Waals surface area contributed by atoms with E-state index in [9.17, 15) is 9.90 Å². The molecule has 5 rings (SSSR count). The van der Waals surface area contributed by atoms with Crippen molar-refractivity contribution in [1.82, 2.24) is 0 Å². The largest absolute Gasteiger partial charge is 0.433 e. The SMILES string of the molecule is CC(=O)O[C@H]1O[C@H]([C@H]2O[C@@H]3OC(C)(C)O[C@@H]3[C@H]2O)O[C@H]2[C@@H]1O[C@@H]1OC(C)(C)O[C@@H]12. The lowest BCUT2D eigenvalue weighted by molar-refractivity contribution is -0.373. The van der Waals surface area contributed by atoms with Gasteiger partial charge in [-0.25, -0.2) is 0 Å². The maximum absolute atomic E-state index is 11.6. The fourth-order valence-electron chi connectivity index (χ4n) is 4.43. The predicted molar refractivity (Wildman–Crippen MR) is 88.7 cm³/mol. The van der Waals surface area contributed by atoms with Gasteiger partial charge in [0.05, 0.1) is 0 Å². The van der Waals surface area contributed by atoms with Crippen molar-refractivity contribution in [2.75, 3.05) is 0 Å². The Bertz CT molecular complexity index is 681.